The Morgan fingerprint density at radius 2 is 2.38 bits per heavy atom. The van der Waals surface area contributed by atoms with Gasteiger partial charge in [0.05, 0.1) is 0 Å². The van der Waals surface area contributed by atoms with Crippen LogP contribution in [0.2, 0.25) is 5.15 Å². The van der Waals surface area contributed by atoms with Gasteiger partial charge in [0.2, 0.25) is 5.16 Å². The number of halogens is 2. The predicted octanol–water partition coefficient (Wildman–Crippen LogP) is 2.24. The van der Waals surface area contributed by atoms with Gasteiger partial charge in [0, 0.05) is 6.20 Å². The van der Waals surface area contributed by atoms with Crippen molar-refractivity contribution in [3.05, 3.63) is 23.2 Å². The molecule has 0 fully saturated rings. The molecule has 6 heteroatoms. The summed E-state index contributed by atoms with van der Waals surface area (Å²) in [5, 5.41) is 4.68. The fourth-order valence-corrected chi connectivity index (χ4v) is 1.67. The van der Waals surface area contributed by atoms with E-state index >= 15 is 0 Å². The highest BCUT2D eigenvalue weighted by atomic mass is 35.5. The van der Waals surface area contributed by atoms with E-state index in [-0.39, 0.29) is 10.7 Å². The highest BCUT2D eigenvalue weighted by Crippen LogP contribution is 2.20. The third-order valence-electron chi connectivity index (χ3n) is 1.58. The van der Waals surface area contributed by atoms with Gasteiger partial charge in [-0.25, -0.2) is 13.9 Å². The van der Waals surface area contributed by atoms with Crippen molar-refractivity contribution in [3.63, 3.8) is 0 Å². The van der Waals surface area contributed by atoms with E-state index < -0.39 is 5.82 Å². The largest absolute Gasteiger partial charge is 0.232 e. The van der Waals surface area contributed by atoms with Gasteiger partial charge in [-0.2, -0.15) is 0 Å². The highest BCUT2D eigenvalue weighted by molar-refractivity contribution is 7.98. The lowest BCUT2D eigenvalue weighted by atomic mass is 10.5. The van der Waals surface area contributed by atoms with E-state index in [0.717, 1.165) is 0 Å². The molecule has 2 heterocycles. The van der Waals surface area contributed by atoms with Crippen LogP contribution in [0.15, 0.2) is 17.4 Å². The van der Waals surface area contributed by atoms with Crippen LogP contribution in [0, 0.1) is 5.82 Å². The molecular formula is C7H5ClFN3S. The number of nitrogens with zero attached hydrogens (tertiary/aromatic N) is 3. The minimum atomic E-state index is -0.405. The summed E-state index contributed by atoms with van der Waals surface area (Å²) in [5.41, 5.74) is 0.222. The molecule has 0 saturated carbocycles. The Bertz CT molecular complexity index is 456. The average Bonchev–Trinajstić information content (AvgIpc) is 2.48. The van der Waals surface area contributed by atoms with Crippen molar-refractivity contribution < 1.29 is 4.39 Å². The van der Waals surface area contributed by atoms with Crippen LogP contribution in [0.25, 0.3) is 5.52 Å². The molecular weight excluding hydrogens is 213 g/mol. The van der Waals surface area contributed by atoms with Crippen molar-refractivity contribution in [1.82, 2.24) is 14.6 Å². The monoisotopic (exact) mass is 217 g/mol. The molecule has 2 rings (SSSR count). The predicted molar refractivity (Wildman–Crippen MR) is 49.7 cm³/mol. The van der Waals surface area contributed by atoms with Crippen LogP contribution in [0.3, 0.4) is 0 Å². The van der Waals surface area contributed by atoms with E-state index in [4.69, 9.17) is 11.6 Å². The maximum Gasteiger partial charge on any atom is 0.208 e. The Kier molecular flexibility index (Phi) is 2.13. The molecule has 0 radical (unpaired) electrons. The van der Waals surface area contributed by atoms with Crippen molar-refractivity contribution in [2.75, 3.05) is 6.26 Å². The van der Waals surface area contributed by atoms with Gasteiger partial charge in [0.15, 0.2) is 11.0 Å². The SMILES string of the molecule is CSc1nc(Cl)c2c(F)ccn2n1. The highest BCUT2D eigenvalue weighted by Gasteiger charge is 2.09. The summed E-state index contributed by atoms with van der Waals surface area (Å²) < 4.78 is 14.4. The van der Waals surface area contributed by atoms with Crippen LogP contribution in [0.1, 0.15) is 0 Å². The van der Waals surface area contributed by atoms with Crippen molar-refractivity contribution in [2.45, 2.75) is 5.16 Å². The lowest BCUT2D eigenvalue weighted by molar-refractivity contribution is 0.636. The van der Waals surface area contributed by atoms with Crippen LogP contribution >= 0.6 is 23.4 Å². The fourth-order valence-electron chi connectivity index (χ4n) is 1.01. The van der Waals surface area contributed by atoms with Gasteiger partial charge < -0.3 is 0 Å². The standard InChI is InChI=1S/C7H5ClFN3S/c1-13-7-10-6(8)5-4(9)2-3-12(5)11-7/h2-3H,1H3. The van der Waals surface area contributed by atoms with Crippen molar-refractivity contribution in [2.24, 2.45) is 0 Å². The molecule has 0 aliphatic rings. The Morgan fingerprint density at radius 3 is 3.08 bits per heavy atom. The topological polar surface area (TPSA) is 30.2 Å². The van der Waals surface area contributed by atoms with Gasteiger partial charge in [-0.3, -0.25) is 0 Å². The van der Waals surface area contributed by atoms with Gasteiger partial charge >= 0.3 is 0 Å². The molecule has 68 valence electrons. The van der Waals surface area contributed by atoms with Crippen LogP contribution in [0.4, 0.5) is 4.39 Å². The molecule has 0 aliphatic carbocycles. The quantitative estimate of drug-likeness (QED) is 0.687. The molecule has 0 spiro atoms. The van der Waals surface area contributed by atoms with E-state index in [1.165, 1.54) is 28.5 Å². The summed E-state index contributed by atoms with van der Waals surface area (Å²) in [6.07, 6.45) is 3.34. The van der Waals surface area contributed by atoms with Crippen molar-refractivity contribution >= 4 is 28.9 Å². The van der Waals surface area contributed by atoms with Gasteiger partial charge in [0.1, 0.15) is 5.52 Å². The zero-order valence-corrected chi connectivity index (χ0v) is 8.23. The normalized spacial score (nSPS) is 11.0. The van der Waals surface area contributed by atoms with Crippen LogP contribution in [-0.4, -0.2) is 20.9 Å². The minimum Gasteiger partial charge on any atom is -0.232 e. The number of aromatic nitrogens is 3. The van der Waals surface area contributed by atoms with Crippen molar-refractivity contribution in [3.8, 4) is 0 Å². The minimum absolute atomic E-state index is 0.141. The fraction of sp³-hybridized carbons (Fsp3) is 0.143. The number of hydrogen-bond donors (Lipinski definition) is 0. The smallest absolute Gasteiger partial charge is 0.208 e. The lowest BCUT2D eigenvalue weighted by Gasteiger charge is -1.98. The molecule has 0 N–H and O–H groups in total. The maximum absolute atomic E-state index is 13.1. The van der Waals surface area contributed by atoms with Gasteiger partial charge in [-0.05, 0) is 12.3 Å². The Hall–Kier alpha value is -0.810. The number of thioether (sulfide) groups is 1. The molecule has 0 atom stereocenters. The van der Waals surface area contributed by atoms with Crippen LogP contribution in [0.5, 0.6) is 0 Å². The second-order valence-electron chi connectivity index (χ2n) is 2.35. The summed E-state index contributed by atoms with van der Waals surface area (Å²) in [6, 6.07) is 1.31. The van der Waals surface area contributed by atoms with E-state index in [2.05, 4.69) is 10.1 Å². The maximum atomic E-state index is 13.1. The summed E-state index contributed by atoms with van der Waals surface area (Å²) >= 11 is 7.12. The first-order chi connectivity index (χ1) is 6.22. The van der Waals surface area contributed by atoms with Crippen LogP contribution in [-0.2, 0) is 0 Å². The molecule has 0 aliphatic heterocycles. The molecule has 0 unspecified atom stereocenters. The van der Waals surface area contributed by atoms with E-state index in [1.807, 2.05) is 6.26 Å². The van der Waals surface area contributed by atoms with E-state index in [0.29, 0.717) is 5.16 Å². The number of rotatable bonds is 1. The first-order valence-electron chi connectivity index (χ1n) is 3.46. The van der Waals surface area contributed by atoms with Gasteiger partial charge in [0.25, 0.3) is 0 Å². The molecule has 0 aromatic carbocycles. The third kappa shape index (κ3) is 1.38. The van der Waals surface area contributed by atoms with E-state index in [1.54, 1.807) is 0 Å². The molecule has 13 heavy (non-hydrogen) atoms. The molecule has 3 nitrogen and oxygen atoms in total. The Morgan fingerprint density at radius 1 is 1.62 bits per heavy atom. The Labute approximate surface area is 82.9 Å². The zero-order valence-electron chi connectivity index (χ0n) is 6.66. The second-order valence-corrected chi connectivity index (χ2v) is 3.48. The van der Waals surface area contributed by atoms with E-state index in [9.17, 15) is 4.39 Å². The molecule has 2 aromatic rings. The Balaban J connectivity index is 2.79. The summed E-state index contributed by atoms with van der Waals surface area (Å²) in [4.78, 5) is 3.91. The number of fused-ring (bicyclic) bond motifs is 1. The van der Waals surface area contributed by atoms with Crippen molar-refractivity contribution in [1.29, 1.82) is 0 Å². The second kappa shape index (κ2) is 3.16. The average molecular weight is 218 g/mol. The summed E-state index contributed by atoms with van der Waals surface area (Å²) in [5.74, 6) is -0.405. The molecule has 0 saturated heterocycles. The van der Waals surface area contributed by atoms with Crippen LogP contribution < -0.4 is 0 Å². The third-order valence-corrected chi connectivity index (χ3v) is 2.38. The molecule has 0 amide bonds. The summed E-state index contributed by atoms with van der Waals surface area (Å²) in [6.45, 7) is 0. The van der Waals surface area contributed by atoms with Gasteiger partial charge in [-0.15, -0.1) is 5.10 Å². The first kappa shape index (κ1) is 8.77. The first-order valence-corrected chi connectivity index (χ1v) is 5.07. The molecule has 0 bridgehead atoms. The molecule has 2 aromatic heterocycles. The van der Waals surface area contributed by atoms with Gasteiger partial charge in [-0.1, -0.05) is 23.4 Å². The lowest BCUT2D eigenvalue weighted by Crippen LogP contribution is -1.96. The summed E-state index contributed by atoms with van der Waals surface area (Å²) in [7, 11) is 0. The zero-order chi connectivity index (χ0) is 9.42. The number of hydrogen-bond acceptors (Lipinski definition) is 3.